The highest BCUT2D eigenvalue weighted by Crippen LogP contribution is 2.72. The monoisotopic (exact) mass is 416 g/mol. The molecular weight excluding hydrogens is 411 g/mol. The first-order valence-corrected chi connectivity index (χ1v) is 5.92. The van der Waals surface area contributed by atoms with Crippen molar-refractivity contribution in [3.8, 4) is 0 Å². The van der Waals surface area contributed by atoms with E-state index >= 15 is 0 Å². The van der Waals surface area contributed by atoms with Crippen LogP contribution in [0, 0.1) is 0 Å². The number of alkyl halides is 13. The summed E-state index contributed by atoms with van der Waals surface area (Å²) >= 11 is 0. The minimum absolute atomic E-state index is 0.470. The minimum atomic E-state index is -7.83. The molecule has 0 aromatic heterocycles. The summed E-state index contributed by atoms with van der Waals surface area (Å²) < 4.78 is 175. The summed E-state index contributed by atoms with van der Waals surface area (Å²) in [7, 11) is 0. The maximum atomic E-state index is 14.0. The van der Waals surface area contributed by atoms with Crippen LogP contribution in [0.25, 0.3) is 0 Å². The highest BCUT2D eigenvalue weighted by molar-refractivity contribution is 5.87. The lowest BCUT2D eigenvalue weighted by molar-refractivity contribution is -0.521. The minimum Gasteiger partial charge on any atom is -0.395 e. The van der Waals surface area contributed by atoms with Crippen molar-refractivity contribution in [2.45, 2.75) is 48.3 Å². The van der Waals surface area contributed by atoms with Gasteiger partial charge in [0.05, 0.1) is 0 Å². The predicted octanol–water partition coefficient (Wildman–Crippen LogP) is 4.60. The Balaban J connectivity index is 3.86. The van der Waals surface area contributed by atoms with E-state index < -0.39 is 52.9 Å². The first-order chi connectivity index (χ1) is 11.1. The fourth-order valence-corrected chi connectivity index (χ4v) is 1.86. The van der Waals surface area contributed by atoms with E-state index in [0.717, 1.165) is 0 Å². The molecule has 0 amide bonds. The maximum Gasteiger partial charge on any atom is 0.448 e. The van der Waals surface area contributed by atoms with Gasteiger partial charge in [0.2, 0.25) is 0 Å². The number of hydrogen-bond acceptors (Lipinski definition) is 2. The van der Waals surface area contributed by atoms with Crippen LogP contribution < -0.4 is 0 Å². The molecule has 1 aliphatic carbocycles. The average Bonchev–Trinajstić information content (AvgIpc) is 2.43. The summed E-state index contributed by atoms with van der Waals surface area (Å²) in [6, 6.07) is 0. The van der Waals surface area contributed by atoms with Crippen LogP contribution in [-0.2, 0) is 9.53 Å². The molecule has 0 aromatic rings. The Hall–Kier alpha value is -1.70. The summed E-state index contributed by atoms with van der Waals surface area (Å²) in [5.41, 5.74) is -8.97. The molecule has 0 aliphatic heterocycles. The Morgan fingerprint density at radius 3 is 1.27 bits per heavy atom. The Labute approximate surface area is 134 Å². The third kappa shape index (κ3) is 2.05. The van der Waals surface area contributed by atoms with Gasteiger partial charge in [0.15, 0.2) is 0 Å². The quantitative estimate of drug-likeness (QED) is 0.382. The van der Waals surface area contributed by atoms with Gasteiger partial charge in [0.25, 0.3) is 0 Å². The molecule has 0 spiro atoms. The molecule has 26 heavy (non-hydrogen) atoms. The van der Waals surface area contributed by atoms with E-state index in [4.69, 9.17) is 0 Å². The lowest BCUT2D eigenvalue weighted by Gasteiger charge is -2.53. The van der Waals surface area contributed by atoms with Crippen LogP contribution in [0.4, 0.5) is 57.1 Å². The molecule has 0 saturated heterocycles. The van der Waals surface area contributed by atoms with E-state index in [9.17, 15) is 61.9 Å². The maximum absolute atomic E-state index is 14.0. The molecule has 2 nitrogen and oxygen atoms in total. The molecule has 0 radical (unpaired) electrons. The van der Waals surface area contributed by atoms with Gasteiger partial charge in [0, 0.05) is 5.57 Å². The second-order valence-electron chi connectivity index (χ2n) is 5.22. The zero-order chi connectivity index (χ0) is 21.4. The van der Waals surface area contributed by atoms with E-state index in [1.807, 2.05) is 0 Å². The van der Waals surface area contributed by atoms with Gasteiger partial charge in [-0.15, -0.1) is 0 Å². The first kappa shape index (κ1) is 22.3. The summed E-state index contributed by atoms with van der Waals surface area (Å²) in [6.07, 6.45) is -7.11. The summed E-state index contributed by atoms with van der Waals surface area (Å²) in [5.74, 6) is -41.4. The number of rotatable bonds is 3. The van der Waals surface area contributed by atoms with E-state index in [2.05, 4.69) is 11.3 Å². The molecule has 1 saturated carbocycles. The molecule has 0 unspecified atom stereocenters. The van der Waals surface area contributed by atoms with Gasteiger partial charge in [-0.1, -0.05) is 6.58 Å². The SMILES string of the molecule is C=C(C)C(=O)OC(F)(F)C1(F)C(F)(F)C(F)(F)C(F)(F)C(F)(F)C1(F)F. The van der Waals surface area contributed by atoms with E-state index in [1.165, 1.54) is 0 Å². The highest BCUT2D eigenvalue weighted by atomic mass is 19.4. The van der Waals surface area contributed by atoms with Crippen molar-refractivity contribution in [2.24, 2.45) is 0 Å². The summed E-state index contributed by atoms with van der Waals surface area (Å²) in [6.45, 7) is 3.01. The number of halogens is 13. The number of carbonyl (C=O) groups excluding carboxylic acids is 1. The Morgan fingerprint density at radius 1 is 0.731 bits per heavy atom. The van der Waals surface area contributed by atoms with Gasteiger partial charge >= 0.3 is 47.4 Å². The lowest BCUT2D eigenvalue weighted by Crippen LogP contribution is -2.87. The third-order valence-corrected chi connectivity index (χ3v) is 3.41. The number of carbonyl (C=O) groups is 1. The molecule has 0 aromatic carbocycles. The fourth-order valence-electron chi connectivity index (χ4n) is 1.86. The van der Waals surface area contributed by atoms with Gasteiger partial charge in [-0.3, -0.25) is 0 Å². The van der Waals surface area contributed by atoms with E-state index in [0.29, 0.717) is 6.92 Å². The second-order valence-corrected chi connectivity index (χ2v) is 5.22. The topological polar surface area (TPSA) is 26.3 Å². The Kier molecular flexibility index (Phi) is 4.45. The van der Waals surface area contributed by atoms with E-state index in [-0.39, 0.29) is 0 Å². The van der Waals surface area contributed by atoms with Crippen LogP contribution in [-0.4, -0.2) is 47.4 Å². The molecular formula is C11H5F13O2. The lowest BCUT2D eigenvalue weighted by atomic mass is 9.71. The van der Waals surface area contributed by atoms with Crippen molar-refractivity contribution >= 4 is 5.97 Å². The predicted molar refractivity (Wildman–Crippen MR) is 54.4 cm³/mol. The molecule has 0 atom stereocenters. The Morgan fingerprint density at radius 2 is 1.00 bits per heavy atom. The highest BCUT2D eigenvalue weighted by Gasteiger charge is 3.06. The van der Waals surface area contributed by atoms with Crippen LogP contribution in [0.3, 0.4) is 0 Å². The second kappa shape index (κ2) is 5.18. The Bertz CT molecular complexity index is 606. The largest absolute Gasteiger partial charge is 0.448 e. The van der Waals surface area contributed by atoms with Gasteiger partial charge in [-0.25, -0.2) is 9.18 Å². The number of hydrogen-bond donors (Lipinski definition) is 0. The standard InChI is InChI=1S/C11H5F13O2/c1-3(2)4(25)26-11(23,24)5(12)6(13,14)8(17,18)10(21,22)9(19,20)7(5,15)16/h1H2,2H3. The van der Waals surface area contributed by atoms with Gasteiger partial charge in [-0.05, 0) is 6.92 Å². The fraction of sp³-hybridized carbons (Fsp3) is 0.727. The molecule has 0 heterocycles. The van der Waals surface area contributed by atoms with Crippen LogP contribution in [0.15, 0.2) is 12.2 Å². The smallest absolute Gasteiger partial charge is 0.395 e. The van der Waals surface area contributed by atoms with Crippen molar-refractivity contribution in [1.82, 2.24) is 0 Å². The number of esters is 1. The van der Waals surface area contributed by atoms with Crippen LogP contribution in [0.2, 0.25) is 0 Å². The molecule has 1 fully saturated rings. The third-order valence-electron chi connectivity index (χ3n) is 3.41. The van der Waals surface area contributed by atoms with Gasteiger partial charge < -0.3 is 4.74 Å². The van der Waals surface area contributed by atoms with Crippen LogP contribution in [0.1, 0.15) is 6.92 Å². The molecule has 0 bridgehead atoms. The van der Waals surface area contributed by atoms with Crippen molar-refractivity contribution in [1.29, 1.82) is 0 Å². The van der Waals surface area contributed by atoms with Crippen LogP contribution in [0.5, 0.6) is 0 Å². The zero-order valence-electron chi connectivity index (χ0n) is 11.9. The molecule has 1 aliphatic rings. The van der Waals surface area contributed by atoms with Crippen molar-refractivity contribution in [2.75, 3.05) is 0 Å². The first-order valence-electron chi connectivity index (χ1n) is 5.92. The van der Waals surface area contributed by atoms with Gasteiger partial charge in [-0.2, -0.15) is 52.7 Å². The van der Waals surface area contributed by atoms with Crippen molar-refractivity contribution < 1.29 is 66.6 Å². The summed E-state index contributed by atoms with van der Waals surface area (Å²) in [4.78, 5) is 10.8. The molecule has 0 N–H and O–H groups in total. The summed E-state index contributed by atoms with van der Waals surface area (Å²) in [5, 5.41) is 0. The van der Waals surface area contributed by atoms with Crippen molar-refractivity contribution in [3.63, 3.8) is 0 Å². The van der Waals surface area contributed by atoms with E-state index in [1.54, 1.807) is 0 Å². The van der Waals surface area contributed by atoms with Gasteiger partial charge in [0.1, 0.15) is 0 Å². The van der Waals surface area contributed by atoms with Crippen LogP contribution >= 0.6 is 0 Å². The molecule has 1 rings (SSSR count). The average molecular weight is 416 g/mol. The normalized spacial score (nSPS) is 27.5. The zero-order valence-corrected chi connectivity index (χ0v) is 11.9. The van der Waals surface area contributed by atoms with Crippen molar-refractivity contribution in [3.05, 3.63) is 12.2 Å². The molecule has 152 valence electrons. The number of ether oxygens (including phenoxy) is 1. The molecule has 15 heteroatoms.